The highest BCUT2D eigenvalue weighted by Gasteiger charge is 2.42. The number of carbonyl (C=O) groups is 2. The van der Waals surface area contributed by atoms with E-state index in [1.165, 1.54) is 4.90 Å². The van der Waals surface area contributed by atoms with Gasteiger partial charge in [-0.15, -0.1) is 0 Å². The molecule has 0 radical (unpaired) electrons. The summed E-state index contributed by atoms with van der Waals surface area (Å²) in [5, 5.41) is 0. The highest BCUT2D eigenvalue weighted by Crippen LogP contribution is 2.26. The quantitative estimate of drug-likeness (QED) is 0.794. The Hall–Kier alpha value is -2.46. The van der Waals surface area contributed by atoms with Crippen molar-refractivity contribution in [2.45, 2.75) is 32.9 Å². The fourth-order valence-corrected chi connectivity index (χ4v) is 3.13. The summed E-state index contributed by atoms with van der Waals surface area (Å²) >= 11 is 0. The number of hydrogen-bond acceptors (Lipinski definition) is 3. The first kappa shape index (κ1) is 16.4. The van der Waals surface area contributed by atoms with Gasteiger partial charge >= 0.3 is 0 Å². The van der Waals surface area contributed by atoms with E-state index in [1.54, 1.807) is 0 Å². The van der Waals surface area contributed by atoms with Crippen LogP contribution < -0.4 is 4.90 Å². The lowest BCUT2D eigenvalue weighted by molar-refractivity contribution is -0.123. The molecule has 1 saturated heterocycles. The number of rotatable bonds is 5. The Morgan fingerprint density at radius 2 is 1.71 bits per heavy atom. The Morgan fingerprint density at radius 3 is 2.33 bits per heavy atom. The van der Waals surface area contributed by atoms with Gasteiger partial charge in [0.05, 0.1) is 18.2 Å². The number of likely N-dealkylation sites (N-methyl/N-ethyl adjacent to an activating group) is 1. The summed E-state index contributed by atoms with van der Waals surface area (Å²) in [7, 11) is 0. The van der Waals surface area contributed by atoms with E-state index in [2.05, 4.69) is 4.90 Å². The maximum absolute atomic E-state index is 12.9. The van der Waals surface area contributed by atoms with Crippen molar-refractivity contribution in [2.75, 3.05) is 11.4 Å². The molecule has 0 aromatic heterocycles. The highest BCUT2D eigenvalue weighted by molar-refractivity contribution is 6.22. The summed E-state index contributed by atoms with van der Waals surface area (Å²) in [4.78, 5) is 28.7. The number of nitrogens with zero attached hydrogens (tertiary/aromatic N) is 2. The first-order valence-electron chi connectivity index (χ1n) is 8.31. The monoisotopic (exact) mass is 322 g/mol. The first-order chi connectivity index (χ1) is 11.6. The number of aryl methyl sites for hydroxylation is 1. The van der Waals surface area contributed by atoms with E-state index in [-0.39, 0.29) is 24.3 Å². The molecule has 1 heterocycles. The zero-order valence-corrected chi connectivity index (χ0v) is 14.1. The normalized spacial score (nSPS) is 17.8. The van der Waals surface area contributed by atoms with E-state index in [0.29, 0.717) is 12.2 Å². The number of amides is 2. The fraction of sp³-hybridized carbons (Fsp3) is 0.300. The van der Waals surface area contributed by atoms with E-state index in [1.807, 2.05) is 68.4 Å². The molecule has 124 valence electrons. The van der Waals surface area contributed by atoms with Crippen LogP contribution in [0.3, 0.4) is 0 Å². The van der Waals surface area contributed by atoms with Crippen LogP contribution in [0.1, 0.15) is 24.5 Å². The molecule has 0 bridgehead atoms. The van der Waals surface area contributed by atoms with Crippen molar-refractivity contribution >= 4 is 17.5 Å². The van der Waals surface area contributed by atoms with Crippen LogP contribution in [0.2, 0.25) is 0 Å². The molecule has 1 aliphatic heterocycles. The van der Waals surface area contributed by atoms with Gasteiger partial charge in [0, 0.05) is 6.54 Å². The molecule has 0 spiro atoms. The van der Waals surface area contributed by atoms with Crippen LogP contribution in [0.25, 0.3) is 0 Å². The van der Waals surface area contributed by atoms with E-state index in [9.17, 15) is 9.59 Å². The molecule has 2 aromatic carbocycles. The van der Waals surface area contributed by atoms with Gasteiger partial charge in [-0.25, -0.2) is 4.90 Å². The van der Waals surface area contributed by atoms with Crippen molar-refractivity contribution in [2.24, 2.45) is 0 Å². The van der Waals surface area contributed by atoms with E-state index in [0.717, 1.165) is 17.7 Å². The number of imide groups is 1. The Morgan fingerprint density at radius 1 is 1.04 bits per heavy atom. The minimum atomic E-state index is -0.385. The molecule has 0 unspecified atom stereocenters. The minimum absolute atomic E-state index is 0.123. The third-order valence-electron chi connectivity index (χ3n) is 4.49. The second-order valence-corrected chi connectivity index (χ2v) is 6.17. The molecule has 0 saturated carbocycles. The van der Waals surface area contributed by atoms with Gasteiger partial charge in [0.1, 0.15) is 0 Å². The maximum atomic E-state index is 12.9. The molecule has 0 aliphatic carbocycles. The van der Waals surface area contributed by atoms with Crippen molar-refractivity contribution < 1.29 is 9.59 Å². The Labute approximate surface area is 142 Å². The van der Waals surface area contributed by atoms with Crippen LogP contribution in [0.4, 0.5) is 5.69 Å². The summed E-state index contributed by atoms with van der Waals surface area (Å²) < 4.78 is 0. The van der Waals surface area contributed by atoms with Crippen LogP contribution in [0, 0.1) is 6.92 Å². The van der Waals surface area contributed by atoms with Crippen molar-refractivity contribution in [3.63, 3.8) is 0 Å². The lowest BCUT2D eigenvalue weighted by Crippen LogP contribution is -2.41. The lowest BCUT2D eigenvalue weighted by Gasteiger charge is -2.26. The van der Waals surface area contributed by atoms with Gasteiger partial charge in [0.2, 0.25) is 5.91 Å². The van der Waals surface area contributed by atoms with Crippen LogP contribution >= 0.6 is 0 Å². The Balaban J connectivity index is 1.80. The van der Waals surface area contributed by atoms with Crippen LogP contribution in [0.15, 0.2) is 54.6 Å². The van der Waals surface area contributed by atoms with Gasteiger partial charge in [-0.1, -0.05) is 55.0 Å². The summed E-state index contributed by atoms with van der Waals surface area (Å²) in [6, 6.07) is 17.2. The smallest absolute Gasteiger partial charge is 0.251 e. The SMILES string of the molecule is CCN(Cc1ccccc1)[C@@H]1CC(=O)N(c2ccc(C)cc2)C1=O. The third-order valence-corrected chi connectivity index (χ3v) is 4.49. The molecule has 4 nitrogen and oxygen atoms in total. The average molecular weight is 322 g/mol. The van der Waals surface area contributed by atoms with Crippen molar-refractivity contribution in [1.29, 1.82) is 0 Å². The van der Waals surface area contributed by atoms with Crippen LogP contribution in [-0.2, 0) is 16.1 Å². The zero-order chi connectivity index (χ0) is 17.1. The van der Waals surface area contributed by atoms with Gasteiger partial charge in [0.25, 0.3) is 5.91 Å². The maximum Gasteiger partial charge on any atom is 0.251 e. The molecule has 24 heavy (non-hydrogen) atoms. The molecule has 2 amide bonds. The predicted octanol–water partition coefficient (Wildman–Crippen LogP) is 3.15. The fourth-order valence-electron chi connectivity index (χ4n) is 3.13. The van der Waals surface area contributed by atoms with Crippen molar-refractivity contribution in [1.82, 2.24) is 4.90 Å². The van der Waals surface area contributed by atoms with E-state index < -0.39 is 0 Å². The number of hydrogen-bond donors (Lipinski definition) is 0. The zero-order valence-electron chi connectivity index (χ0n) is 14.1. The molecule has 0 N–H and O–H groups in total. The molecular formula is C20H22N2O2. The van der Waals surface area contributed by atoms with Gasteiger partial charge in [-0.2, -0.15) is 0 Å². The van der Waals surface area contributed by atoms with Crippen LogP contribution in [-0.4, -0.2) is 29.3 Å². The van der Waals surface area contributed by atoms with Crippen molar-refractivity contribution in [3.05, 3.63) is 65.7 Å². The third kappa shape index (κ3) is 3.24. The van der Waals surface area contributed by atoms with Crippen molar-refractivity contribution in [3.8, 4) is 0 Å². The standard InChI is InChI=1S/C20H22N2O2/c1-3-21(14-16-7-5-4-6-8-16)18-13-19(23)22(20(18)24)17-11-9-15(2)10-12-17/h4-12,18H,3,13-14H2,1-2H3/t18-/m1/s1. The Bertz CT molecular complexity index is 725. The number of carbonyl (C=O) groups excluding carboxylic acids is 2. The second kappa shape index (κ2) is 6.97. The van der Waals surface area contributed by atoms with Crippen LogP contribution in [0.5, 0.6) is 0 Å². The molecular weight excluding hydrogens is 300 g/mol. The predicted molar refractivity (Wildman–Crippen MR) is 94.6 cm³/mol. The molecule has 1 atom stereocenters. The summed E-state index contributed by atoms with van der Waals surface area (Å²) in [5.41, 5.74) is 2.91. The van der Waals surface area contributed by atoms with Gasteiger partial charge in [-0.3, -0.25) is 14.5 Å². The van der Waals surface area contributed by atoms with Gasteiger partial charge in [-0.05, 0) is 31.2 Å². The average Bonchev–Trinajstić information content (AvgIpc) is 2.89. The molecule has 4 heteroatoms. The Kier molecular flexibility index (Phi) is 4.76. The number of benzene rings is 2. The minimum Gasteiger partial charge on any atom is -0.287 e. The highest BCUT2D eigenvalue weighted by atomic mass is 16.2. The van der Waals surface area contributed by atoms with Gasteiger partial charge in [0.15, 0.2) is 0 Å². The van der Waals surface area contributed by atoms with E-state index in [4.69, 9.17) is 0 Å². The molecule has 1 aliphatic rings. The summed E-state index contributed by atoms with van der Waals surface area (Å²) in [6.07, 6.45) is 0.243. The van der Waals surface area contributed by atoms with E-state index >= 15 is 0 Å². The number of anilines is 1. The largest absolute Gasteiger partial charge is 0.287 e. The topological polar surface area (TPSA) is 40.6 Å². The second-order valence-electron chi connectivity index (χ2n) is 6.17. The molecule has 2 aromatic rings. The lowest BCUT2D eigenvalue weighted by atomic mass is 10.1. The molecule has 1 fully saturated rings. The molecule has 3 rings (SSSR count). The summed E-state index contributed by atoms with van der Waals surface area (Å²) in [5.74, 6) is -0.248. The summed E-state index contributed by atoms with van der Waals surface area (Å²) in [6.45, 7) is 5.40. The van der Waals surface area contributed by atoms with Gasteiger partial charge < -0.3 is 0 Å². The first-order valence-corrected chi connectivity index (χ1v) is 8.31.